The molecule has 0 unspecified atom stereocenters. The van der Waals surface area contributed by atoms with Crippen LogP contribution in [0.4, 0.5) is 0 Å². The second-order valence-electron chi connectivity index (χ2n) is 7.70. The Morgan fingerprint density at radius 3 is 2.59 bits per heavy atom. The number of carbonyl (C=O) groups is 1. The van der Waals surface area contributed by atoms with E-state index >= 15 is 0 Å². The van der Waals surface area contributed by atoms with Crippen LogP contribution < -0.4 is 14.8 Å². The number of nitrogens with zero attached hydrogens (tertiary/aromatic N) is 3. The van der Waals surface area contributed by atoms with Crippen LogP contribution in [-0.4, -0.2) is 40.7 Å². The van der Waals surface area contributed by atoms with E-state index < -0.39 is 0 Å². The van der Waals surface area contributed by atoms with Gasteiger partial charge in [-0.2, -0.15) is 0 Å². The first kappa shape index (κ1) is 19.0. The molecule has 7 nitrogen and oxygen atoms in total. The van der Waals surface area contributed by atoms with Gasteiger partial charge in [0.15, 0.2) is 17.2 Å². The fourth-order valence-electron chi connectivity index (χ4n) is 3.32. The van der Waals surface area contributed by atoms with Crippen molar-refractivity contribution in [1.82, 2.24) is 20.3 Å². The summed E-state index contributed by atoms with van der Waals surface area (Å²) in [6.45, 7) is 7.57. The molecule has 0 saturated heterocycles. The van der Waals surface area contributed by atoms with E-state index in [1.165, 1.54) is 0 Å². The molecule has 150 valence electrons. The van der Waals surface area contributed by atoms with Crippen LogP contribution >= 0.6 is 0 Å². The summed E-state index contributed by atoms with van der Waals surface area (Å²) in [6, 6.07) is 15.7. The maximum absolute atomic E-state index is 12.7. The molecule has 0 fully saturated rings. The molecule has 1 aromatic heterocycles. The summed E-state index contributed by atoms with van der Waals surface area (Å²) in [5, 5.41) is 11.3. The van der Waals surface area contributed by atoms with Crippen molar-refractivity contribution in [3.05, 3.63) is 65.5 Å². The topological polar surface area (TPSA) is 78.3 Å². The Morgan fingerprint density at radius 2 is 1.83 bits per heavy atom. The molecule has 0 atom stereocenters. The lowest BCUT2D eigenvalue weighted by atomic mass is 9.84. The number of ether oxygens (including phenoxy) is 2. The predicted octanol–water partition coefficient (Wildman–Crippen LogP) is 3.05. The van der Waals surface area contributed by atoms with E-state index in [4.69, 9.17) is 9.47 Å². The van der Waals surface area contributed by atoms with E-state index in [0.717, 1.165) is 11.3 Å². The number of aromatic nitrogens is 3. The molecule has 2 heterocycles. The molecule has 7 heteroatoms. The van der Waals surface area contributed by atoms with Gasteiger partial charge in [0.05, 0.1) is 11.4 Å². The minimum atomic E-state index is -0.240. The zero-order chi connectivity index (χ0) is 20.4. The van der Waals surface area contributed by atoms with E-state index in [1.807, 2.05) is 43.3 Å². The summed E-state index contributed by atoms with van der Waals surface area (Å²) in [7, 11) is 0. The Balaban J connectivity index is 1.50. The van der Waals surface area contributed by atoms with E-state index in [-0.39, 0.29) is 11.3 Å². The second-order valence-corrected chi connectivity index (χ2v) is 7.70. The minimum Gasteiger partial charge on any atom is -0.486 e. The fraction of sp³-hybridized carbons (Fsp3) is 0.318. The number of amides is 1. The van der Waals surface area contributed by atoms with Crippen molar-refractivity contribution in [3.63, 3.8) is 0 Å². The molecule has 1 aliphatic heterocycles. The summed E-state index contributed by atoms with van der Waals surface area (Å²) >= 11 is 0. The summed E-state index contributed by atoms with van der Waals surface area (Å²) in [4.78, 5) is 12.7. The molecule has 29 heavy (non-hydrogen) atoms. The van der Waals surface area contributed by atoms with Crippen LogP contribution in [0.25, 0.3) is 5.69 Å². The Kier molecular flexibility index (Phi) is 4.96. The van der Waals surface area contributed by atoms with Gasteiger partial charge in [0.25, 0.3) is 5.91 Å². The van der Waals surface area contributed by atoms with Gasteiger partial charge in [0.1, 0.15) is 13.2 Å². The molecule has 0 bridgehead atoms. The van der Waals surface area contributed by atoms with Crippen molar-refractivity contribution >= 4 is 5.91 Å². The lowest BCUT2D eigenvalue weighted by Crippen LogP contribution is -2.37. The fourth-order valence-corrected chi connectivity index (χ4v) is 3.32. The lowest BCUT2D eigenvalue weighted by Gasteiger charge is -2.25. The molecule has 4 rings (SSSR count). The summed E-state index contributed by atoms with van der Waals surface area (Å²) in [5.74, 6) is 1.13. The van der Waals surface area contributed by atoms with Gasteiger partial charge in [-0.1, -0.05) is 49.4 Å². The molecule has 1 aliphatic rings. The molecule has 0 saturated carbocycles. The molecule has 2 aromatic carbocycles. The van der Waals surface area contributed by atoms with E-state index in [2.05, 4.69) is 41.6 Å². The number of benzene rings is 2. The van der Waals surface area contributed by atoms with Gasteiger partial charge in [-0.15, -0.1) is 5.10 Å². The highest BCUT2D eigenvalue weighted by Crippen LogP contribution is 2.32. The number of hydrogen-bond acceptors (Lipinski definition) is 5. The first-order chi connectivity index (χ1) is 14.0. The Morgan fingerprint density at radius 1 is 1.10 bits per heavy atom. The van der Waals surface area contributed by atoms with Crippen LogP contribution in [0.5, 0.6) is 11.5 Å². The Hall–Kier alpha value is -3.35. The average molecular weight is 392 g/mol. The van der Waals surface area contributed by atoms with Gasteiger partial charge >= 0.3 is 0 Å². The molecule has 0 spiro atoms. The number of hydrogen-bond donors (Lipinski definition) is 1. The van der Waals surface area contributed by atoms with Crippen molar-refractivity contribution in [3.8, 4) is 17.2 Å². The first-order valence-corrected chi connectivity index (χ1v) is 9.62. The van der Waals surface area contributed by atoms with Gasteiger partial charge < -0.3 is 14.8 Å². The van der Waals surface area contributed by atoms with Crippen LogP contribution in [0.1, 0.15) is 35.6 Å². The van der Waals surface area contributed by atoms with Gasteiger partial charge in [0.2, 0.25) is 0 Å². The van der Waals surface area contributed by atoms with Crippen molar-refractivity contribution in [2.75, 3.05) is 19.8 Å². The Bertz CT molecular complexity index is 1030. The SMILES string of the molecule is Cc1c(C(=O)NCC(C)(C)c2ccccc2)nnn1-c1ccc2c(c1)OCCO2. The summed E-state index contributed by atoms with van der Waals surface area (Å²) in [5.41, 5.74) is 2.71. The molecule has 1 amide bonds. The highest BCUT2D eigenvalue weighted by atomic mass is 16.6. The molecule has 0 aliphatic carbocycles. The van der Waals surface area contributed by atoms with Crippen LogP contribution in [-0.2, 0) is 5.41 Å². The van der Waals surface area contributed by atoms with Gasteiger partial charge in [-0.3, -0.25) is 4.79 Å². The van der Waals surface area contributed by atoms with E-state index in [0.29, 0.717) is 42.6 Å². The zero-order valence-corrected chi connectivity index (χ0v) is 16.8. The van der Waals surface area contributed by atoms with Crippen LogP contribution in [0.2, 0.25) is 0 Å². The third-order valence-corrected chi connectivity index (χ3v) is 5.13. The third kappa shape index (κ3) is 3.81. The van der Waals surface area contributed by atoms with Crippen molar-refractivity contribution in [1.29, 1.82) is 0 Å². The quantitative estimate of drug-likeness (QED) is 0.722. The number of carbonyl (C=O) groups excluding carboxylic acids is 1. The smallest absolute Gasteiger partial charge is 0.273 e. The van der Waals surface area contributed by atoms with Gasteiger partial charge in [0, 0.05) is 18.0 Å². The normalized spacial score (nSPS) is 13.2. The summed E-state index contributed by atoms with van der Waals surface area (Å²) < 4.78 is 12.8. The molecule has 3 aromatic rings. The lowest BCUT2D eigenvalue weighted by molar-refractivity contribution is 0.0940. The standard InChI is InChI=1S/C22H24N4O3/c1-15-20(21(27)23-14-22(2,3)16-7-5-4-6-8-16)24-25-26(15)17-9-10-18-19(13-17)29-12-11-28-18/h4-10,13H,11-12,14H2,1-3H3,(H,23,27). The maximum Gasteiger partial charge on any atom is 0.273 e. The van der Waals surface area contributed by atoms with E-state index in [1.54, 1.807) is 4.68 Å². The van der Waals surface area contributed by atoms with Crippen LogP contribution in [0, 0.1) is 6.92 Å². The molecular formula is C22H24N4O3. The maximum atomic E-state index is 12.7. The number of fused-ring (bicyclic) bond motifs is 1. The Labute approximate surface area is 169 Å². The highest BCUT2D eigenvalue weighted by Gasteiger charge is 2.24. The number of nitrogens with one attached hydrogen (secondary N) is 1. The van der Waals surface area contributed by atoms with Crippen LogP contribution in [0.15, 0.2) is 48.5 Å². The van der Waals surface area contributed by atoms with Crippen molar-refractivity contribution in [2.24, 2.45) is 0 Å². The molecule has 0 radical (unpaired) electrons. The van der Waals surface area contributed by atoms with Crippen molar-refractivity contribution < 1.29 is 14.3 Å². The van der Waals surface area contributed by atoms with Gasteiger partial charge in [-0.05, 0) is 24.6 Å². The molecule has 1 N–H and O–H groups in total. The average Bonchev–Trinajstić information content (AvgIpc) is 3.14. The highest BCUT2D eigenvalue weighted by molar-refractivity contribution is 5.93. The van der Waals surface area contributed by atoms with Crippen LogP contribution in [0.3, 0.4) is 0 Å². The minimum absolute atomic E-state index is 0.198. The summed E-state index contributed by atoms with van der Waals surface area (Å²) in [6.07, 6.45) is 0. The van der Waals surface area contributed by atoms with Gasteiger partial charge in [-0.25, -0.2) is 4.68 Å². The first-order valence-electron chi connectivity index (χ1n) is 9.62. The van der Waals surface area contributed by atoms with Crippen molar-refractivity contribution in [2.45, 2.75) is 26.2 Å². The predicted molar refractivity (Wildman–Crippen MR) is 109 cm³/mol. The van der Waals surface area contributed by atoms with E-state index in [9.17, 15) is 4.79 Å². The molecular weight excluding hydrogens is 368 g/mol. The third-order valence-electron chi connectivity index (χ3n) is 5.13. The zero-order valence-electron chi connectivity index (χ0n) is 16.8. The largest absolute Gasteiger partial charge is 0.486 e. The monoisotopic (exact) mass is 392 g/mol. The second kappa shape index (κ2) is 7.58. The number of rotatable bonds is 5.